The Bertz CT molecular complexity index is 392. The van der Waals surface area contributed by atoms with Gasteiger partial charge in [-0.1, -0.05) is 17.7 Å². The third-order valence-corrected chi connectivity index (χ3v) is 2.92. The Morgan fingerprint density at radius 1 is 1.53 bits per heavy atom. The first-order valence-corrected chi connectivity index (χ1v) is 5.38. The lowest BCUT2D eigenvalue weighted by Crippen LogP contribution is -2.31. The second kappa shape index (κ2) is 4.21. The highest BCUT2D eigenvalue weighted by Crippen LogP contribution is 2.29. The zero-order valence-corrected chi connectivity index (χ0v) is 9.05. The van der Waals surface area contributed by atoms with Crippen molar-refractivity contribution >= 4 is 23.2 Å². The van der Waals surface area contributed by atoms with Crippen molar-refractivity contribution in [1.82, 2.24) is 0 Å². The van der Waals surface area contributed by atoms with Gasteiger partial charge in [0.25, 0.3) is 0 Å². The van der Waals surface area contributed by atoms with Gasteiger partial charge in [0.15, 0.2) is 0 Å². The fourth-order valence-electron chi connectivity index (χ4n) is 1.87. The number of fused-ring (bicyclic) bond motifs is 1. The van der Waals surface area contributed by atoms with E-state index in [9.17, 15) is 4.79 Å². The molecule has 3 N–H and O–H groups in total. The summed E-state index contributed by atoms with van der Waals surface area (Å²) in [6, 6.07) is 5.59. The molecule has 0 bridgehead atoms. The van der Waals surface area contributed by atoms with E-state index in [1.54, 1.807) is 6.07 Å². The Labute approximate surface area is 93.6 Å². The van der Waals surface area contributed by atoms with Crippen molar-refractivity contribution < 1.29 is 4.79 Å². The van der Waals surface area contributed by atoms with Gasteiger partial charge in [-0.15, -0.1) is 0 Å². The molecular formula is C11H13ClN2O. The lowest BCUT2D eigenvalue weighted by Gasteiger charge is -2.24. The summed E-state index contributed by atoms with van der Waals surface area (Å²) in [6.45, 7) is 0.543. The molecule has 1 heterocycles. The van der Waals surface area contributed by atoms with Crippen LogP contribution in [0.3, 0.4) is 0 Å². The predicted octanol–water partition coefficient (Wildman–Crippen LogP) is 1.80. The van der Waals surface area contributed by atoms with Crippen molar-refractivity contribution in [3.8, 4) is 0 Å². The van der Waals surface area contributed by atoms with Crippen LogP contribution in [-0.4, -0.2) is 12.5 Å². The van der Waals surface area contributed by atoms with Gasteiger partial charge in [0.1, 0.15) is 0 Å². The number of benzene rings is 1. The van der Waals surface area contributed by atoms with Crippen molar-refractivity contribution in [3.05, 3.63) is 28.8 Å². The molecule has 1 unspecified atom stereocenters. The molecule has 0 aromatic heterocycles. The maximum atomic E-state index is 11.6. The summed E-state index contributed by atoms with van der Waals surface area (Å²) in [6.07, 6.45) is 1.49. The monoisotopic (exact) mass is 224 g/mol. The second-order valence-corrected chi connectivity index (χ2v) is 4.21. The average Bonchev–Trinajstić information content (AvgIpc) is 2.20. The molecule has 0 aliphatic carbocycles. The lowest BCUT2D eigenvalue weighted by atomic mass is 9.91. The van der Waals surface area contributed by atoms with E-state index in [1.807, 2.05) is 12.1 Å². The molecule has 80 valence electrons. The van der Waals surface area contributed by atoms with Gasteiger partial charge in [-0.25, -0.2) is 0 Å². The van der Waals surface area contributed by atoms with E-state index in [1.165, 1.54) is 0 Å². The minimum atomic E-state index is 0.00340. The van der Waals surface area contributed by atoms with Gasteiger partial charge in [0.05, 0.1) is 0 Å². The van der Waals surface area contributed by atoms with Crippen molar-refractivity contribution in [3.63, 3.8) is 0 Å². The van der Waals surface area contributed by atoms with E-state index in [2.05, 4.69) is 5.32 Å². The number of anilines is 1. The number of carbonyl (C=O) groups excluding carboxylic acids is 1. The molecule has 2 rings (SSSR count). The smallest absolute Gasteiger partial charge is 0.227 e. The van der Waals surface area contributed by atoms with Crippen LogP contribution in [0, 0.1) is 5.92 Å². The van der Waals surface area contributed by atoms with Gasteiger partial charge in [0.2, 0.25) is 5.91 Å². The molecule has 1 aromatic rings. The van der Waals surface area contributed by atoms with E-state index < -0.39 is 0 Å². The maximum Gasteiger partial charge on any atom is 0.227 e. The molecule has 0 saturated heterocycles. The third-order valence-electron chi connectivity index (χ3n) is 2.68. The molecule has 1 aliphatic rings. The van der Waals surface area contributed by atoms with Gasteiger partial charge >= 0.3 is 0 Å². The maximum absolute atomic E-state index is 11.6. The van der Waals surface area contributed by atoms with Crippen LogP contribution in [0.4, 0.5) is 5.69 Å². The van der Waals surface area contributed by atoms with Crippen molar-refractivity contribution in [1.29, 1.82) is 0 Å². The first-order valence-electron chi connectivity index (χ1n) is 5.00. The van der Waals surface area contributed by atoms with Crippen LogP contribution in [-0.2, 0) is 11.2 Å². The first kappa shape index (κ1) is 10.5. The Hall–Kier alpha value is -1.06. The molecule has 1 atom stereocenters. The predicted molar refractivity (Wildman–Crippen MR) is 60.9 cm³/mol. The van der Waals surface area contributed by atoms with Crippen LogP contribution in [0.25, 0.3) is 0 Å². The molecule has 0 spiro atoms. The summed E-state index contributed by atoms with van der Waals surface area (Å²) < 4.78 is 0. The summed E-state index contributed by atoms with van der Waals surface area (Å²) in [4.78, 5) is 11.6. The molecule has 0 saturated carbocycles. The Balaban J connectivity index is 2.26. The molecule has 0 radical (unpaired) electrons. The van der Waals surface area contributed by atoms with Gasteiger partial charge < -0.3 is 11.1 Å². The van der Waals surface area contributed by atoms with E-state index in [-0.39, 0.29) is 11.8 Å². The molecule has 15 heavy (non-hydrogen) atoms. The molecule has 1 amide bonds. The summed E-state index contributed by atoms with van der Waals surface area (Å²) >= 11 is 5.85. The van der Waals surface area contributed by atoms with E-state index >= 15 is 0 Å². The number of halogens is 1. The molecule has 0 fully saturated rings. The number of amides is 1. The Morgan fingerprint density at radius 3 is 3.07 bits per heavy atom. The highest BCUT2D eigenvalue weighted by molar-refractivity contribution is 6.31. The molecular weight excluding hydrogens is 212 g/mol. The average molecular weight is 225 g/mol. The number of nitrogens with two attached hydrogens (primary N) is 1. The van der Waals surface area contributed by atoms with Crippen molar-refractivity contribution in [2.24, 2.45) is 11.7 Å². The highest BCUT2D eigenvalue weighted by Gasteiger charge is 2.25. The highest BCUT2D eigenvalue weighted by atomic mass is 35.5. The number of carbonyl (C=O) groups is 1. The van der Waals surface area contributed by atoms with E-state index in [4.69, 9.17) is 17.3 Å². The van der Waals surface area contributed by atoms with Gasteiger partial charge in [0, 0.05) is 16.6 Å². The SMILES string of the molecule is NCCC1Cc2ccc(Cl)cc2NC1=O. The molecule has 4 heteroatoms. The van der Waals surface area contributed by atoms with Gasteiger partial charge in [-0.05, 0) is 37.1 Å². The quantitative estimate of drug-likeness (QED) is 0.805. The van der Waals surface area contributed by atoms with Crippen LogP contribution >= 0.6 is 11.6 Å². The number of nitrogens with one attached hydrogen (secondary N) is 1. The zero-order valence-electron chi connectivity index (χ0n) is 8.29. The Morgan fingerprint density at radius 2 is 2.33 bits per heavy atom. The fourth-order valence-corrected chi connectivity index (χ4v) is 2.04. The van der Waals surface area contributed by atoms with Crippen LogP contribution < -0.4 is 11.1 Å². The molecule has 1 aromatic carbocycles. The fraction of sp³-hybridized carbons (Fsp3) is 0.364. The van der Waals surface area contributed by atoms with E-state index in [0.717, 1.165) is 24.1 Å². The van der Waals surface area contributed by atoms with Crippen LogP contribution in [0.5, 0.6) is 0 Å². The summed E-state index contributed by atoms with van der Waals surface area (Å²) in [5.41, 5.74) is 7.44. The standard InChI is InChI=1S/C11H13ClN2O/c12-9-2-1-7-5-8(3-4-13)11(15)14-10(7)6-9/h1-2,6,8H,3-5,13H2,(H,14,15). The number of hydrogen-bond donors (Lipinski definition) is 2. The second-order valence-electron chi connectivity index (χ2n) is 3.77. The van der Waals surface area contributed by atoms with Crippen molar-refractivity contribution in [2.45, 2.75) is 12.8 Å². The number of hydrogen-bond acceptors (Lipinski definition) is 2. The summed E-state index contributed by atoms with van der Waals surface area (Å²) in [5, 5.41) is 3.50. The third kappa shape index (κ3) is 2.13. The summed E-state index contributed by atoms with van der Waals surface area (Å²) in [7, 11) is 0. The van der Waals surface area contributed by atoms with Crippen LogP contribution in [0.1, 0.15) is 12.0 Å². The minimum absolute atomic E-state index is 0.00340. The van der Waals surface area contributed by atoms with Gasteiger partial charge in [-0.3, -0.25) is 4.79 Å². The zero-order chi connectivity index (χ0) is 10.8. The van der Waals surface area contributed by atoms with Crippen LogP contribution in [0.2, 0.25) is 5.02 Å². The van der Waals surface area contributed by atoms with E-state index in [0.29, 0.717) is 11.6 Å². The van der Waals surface area contributed by atoms with Gasteiger partial charge in [-0.2, -0.15) is 0 Å². The normalized spacial score (nSPS) is 19.6. The molecule has 3 nitrogen and oxygen atoms in total. The summed E-state index contributed by atoms with van der Waals surface area (Å²) in [5.74, 6) is 0.0545. The van der Waals surface area contributed by atoms with Crippen LogP contribution in [0.15, 0.2) is 18.2 Å². The molecule has 1 aliphatic heterocycles. The number of rotatable bonds is 2. The minimum Gasteiger partial charge on any atom is -0.330 e. The largest absolute Gasteiger partial charge is 0.330 e. The lowest BCUT2D eigenvalue weighted by molar-refractivity contribution is -0.120. The topological polar surface area (TPSA) is 55.1 Å². The Kier molecular flexibility index (Phi) is 2.93. The van der Waals surface area contributed by atoms with Crippen molar-refractivity contribution in [2.75, 3.05) is 11.9 Å². The first-order chi connectivity index (χ1) is 7.20.